The smallest absolute Gasteiger partial charge is 0.303 e. The molecular weight excluding hydrogens is 901 g/mol. The summed E-state index contributed by atoms with van der Waals surface area (Å²) in [5.74, 6) is -3.02. The number of hydrogen-bond donors (Lipinski definition) is 8. The van der Waals surface area contributed by atoms with Crippen LogP contribution in [0.2, 0.25) is 0 Å². The van der Waals surface area contributed by atoms with Crippen molar-refractivity contribution in [2.45, 2.75) is 162 Å². The lowest BCUT2D eigenvalue weighted by Gasteiger charge is -2.23. The largest absolute Gasteiger partial charge is 0.481 e. The number of carboxylic acid groups (broad SMARTS) is 1. The number of carbonyl (C=O) groups excluding carboxylic acids is 7. The van der Waals surface area contributed by atoms with Gasteiger partial charge in [-0.2, -0.15) is 0 Å². The Morgan fingerprint density at radius 3 is 1.52 bits per heavy atom. The lowest BCUT2D eigenvalue weighted by Crippen LogP contribution is -2.41. The Kier molecular flexibility index (Phi) is 33.6. The first kappa shape index (κ1) is 61.7. The van der Waals surface area contributed by atoms with Gasteiger partial charge in [-0.05, 0) is 77.2 Å². The number of nitrogens with one attached hydrogen (secondary N) is 4. The van der Waals surface area contributed by atoms with E-state index in [2.05, 4.69) is 21.3 Å². The Hall–Kier alpha value is -5.32. The van der Waals surface area contributed by atoms with Crippen molar-refractivity contribution >= 4 is 58.4 Å². The molecule has 0 saturated carbocycles. The van der Waals surface area contributed by atoms with Crippen molar-refractivity contribution in [1.82, 2.24) is 30.7 Å². The minimum atomic E-state index is -0.963. The van der Waals surface area contributed by atoms with E-state index < -0.39 is 34.5 Å². The van der Waals surface area contributed by atoms with E-state index in [1.54, 1.807) is 0 Å². The van der Waals surface area contributed by atoms with Gasteiger partial charge in [-0.15, -0.1) is 0 Å². The normalized spacial score (nSPS) is 11.0. The molecule has 5 amide bonds. The second-order valence-electron chi connectivity index (χ2n) is 17.3. The Labute approximate surface area is 405 Å². The van der Waals surface area contributed by atoms with Gasteiger partial charge in [-0.25, -0.2) is 15.2 Å². The summed E-state index contributed by atoms with van der Waals surface area (Å²) in [5, 5.41) is 51.7. The van der Waals surface area contributed by atoms with Crippen LogP contribution in [0.1, 0.15) is 162 Å². The summed E-state index contributed by atoms with van der Waals surface area (Å²) < 4.78 is 0. The molecule has 0 unspecified atom stereocenters. The van der Waals surface area contributed by atoms with E-state index in [0.29, 0.717) is 144 Å². The van der Waals surface area contributed by atoms with Crippen molar-refractivity contribution in [1.29, 1.82) is 0 Å². The summed E-state index contributed by atoms with van der Waals surface area (Å²) in [6.45, 7) is 6.58. The van der Waals surface area contributed by atoms with Crippen LogP contribution in [0, 0.1) is 0 Å². The lowest BCUT2D eigenvalue weighted by atomic mass is 10.1. The summed E-state index contributed by atoms with van der Waals surface area (Å²) in [6, 6.07) is 0. The Balaban J connectivity index is 2.26. The Morgan fingerprint density at radius 2 is 0.913 bits per heavy atom. The zero-order valence-corrected chi connectivity index (χ0v) is 41.0. The number of amides is 5. The van der Waals surface area contributed by atoms with Crippen LogP contribution in [0.3, 0.4) is 0 Å². The monoisotopic (exact) mass is 981 g/mol. The first-order valence-electron chi connectivity index (χ1n) is 24.7. The number of ketones is 2. The summed E-state index contributed by atoms with van der Waals surface area (Å²) >= 11 is 0. The van der Waals surface area contributed by atoms with Crippen LogP contribution in [0.25, 0.3) is 0 Å². The molecule has 0 atom stereocenters. The molecular formula is C47H80N8O14. The van der Waals surface area contributed by atoms with Crippen molar-refractivity contribution in [2.24, 2.45) is 0 Å². The molecule has 0 bridgehead atoms. The van der Waals surface area contributed by atoms with Crippen LogP contribution >= 0.6 is 0 Å². The van der Waals surface area contributed by atoms with Crippen LogP contribution in [0.5, 0.6) is 0 Å². The van der Waals surface area contributed by atoms with Gasteiger partial charge in [-0.1, -0.05) is 26.2 Å². The maximum absolute atomic E-state index is 12.4. The molecule has 392 valence electrons. The second-order valence-corrected chi connectivity index (χ2v) is 17.3. The first-order chi connectivity index (χ1) is 33.0. The standard InChI is InChI=1S/C47H80N8O14/c1-3-4-17-37(57)19-16-30-52(34-28-49-39(59)20-15-21-43(63)64)35-29-51-45-44(46(65)47(45)66)50-27-11-8-14-33-54(68)41(61)24-22-38(58)18-9-5-6-12-32-55(69)42(62)25-23-40(60)48-26-10-7-13-31-53(67)36(2)56/h50-51,67-69H,3-35H2,1-2H3,(H,48,60)(H,49,59)(H,63,64). The molecule has 22 nitrogen and oxygen atoms in total. The topological polar surface area (TPSA) is 313 Å². The van der Waals surface area contributed by atoms with Gasteiger partial charge in [0.1, 0.15) is 22.9 Å². The summed E-state index contributed by atoms with van der Waals surface area (Å²) in [7, 11) is 0. The molecule has 0 spiro atoms. The number of nitrogens with zero attached hydrogens (tertiary/aromatic N) is 4. The van der Waals surface area contributed by atoms with Crippen LogP contribution in [-0.4, -0.2) is 153 Å². The first-order valence-corrected chi connectivity index (χ1v) is 24.7. The van der Waals surface area contributed by atoms with Crippen LogP contribution < -0.4 is 32.1 Å². The summed E-state index contributed by atoms with van der Waals surface area (Å²) in [6.07, 6.45) is 9.48. The average Bonchev–Trinajstić information content (AvgIpc) is 3.31. The number of rotatable bonds is 44. The molecule has 1 rings (SSSR count). The number of hydroxylamine groups is 6. The fourth-order valence-corrected chi connectivity index (χ4v) is 7.09. The van der Waals surface area contributed by atoms with E-state index in [0.717, 1.165) is 12.8 Å². The van der Waals surface area contributed by atoms with Gasteiger partial charge in [0.25, 0.3) is 10.9 Å². The van der Waals surface area contributed by atoms with E-state index in [1.165, 1.54) is 6.92 Å². The van der Waals surface area contributed by atoms with Gasteiger partial charge in [0.15, 0.2) is 0 Å². The van der Waals surface area contributed by atoms with Crippen LogP contribution in [0.4, 0.5) is 11.4 Å². The quantitative estimate of drug-likeness (QED) is 0.0201. The molecule has 1 aromatic rings. The molecule has 0 radical (unpaired) electrons. The second kappa shape index (κ2) is 37.6. The molecule has 0 fully saturated rings. The predicted molar refractivity (Wildman–Crippen MR) is 256 cm³/mol. The van der Waals surface area contributed by atoms with Gasteiger partial charge in [-0.3, -0.25) is 68.5 Å². The van der Waals surface area contributed by atoms with E-state index in [1.807, 2.05) is 11.8 Å². The fourth-order valence-electron chi connectivity index (χ4n) is 7.09. The van der Waals surface area contributed by atoms with E-state index >= 15 is 0 Å². The third-order valence-electron chi connectivity index (χ3n) is 11.3. The number of carbonyl (C=O) groups is 8. The van der Waals surface area contributed by atoms with Gasteiger partial charge in [0, 0.05) is 124 Å². The van der Waals surface area contributed by atoms with Gasteiger partial charge < -0.3 is 26.4 Å². The molecule has 0 aliphatic rings. The Morgan fingerprint density at radius 1 is 0.435 bits per heavy atom. The van der Waals surface area contributed by atoms with Gasteiger partial charge in [0.2, 0.25) is 29.5 Å². The highest BCUT2D eigenvalue weighted by molar-refractivity contribution is 5.85. The SMILES string of the molecule is CCCCC(=O)CCCN(CCNC(=O)CCCC(=O)O)CCNc1c(NCCCCCN(O)C(=O)CCC(=O)CCCCCCN(O)C(=O)CCC(=O)NCCCCCN(O)C(C)=O)c(=O)c1=O. The minimum absolute atomic E-state index is 0.0118. The van der Waals surface area contributed by atoms with Gasteiger partial charge >= 0.3 is 5.97 Å². The molecule has 0 aromatic heterocycles. The maximum atomic E-state index is 12.4. The van der Waals surface area contributed by atoms with Crippen LogP contribution in [-0.2, 0) is 38.4 Å². The van der Waals surface area contributed by atoms with E-state index in [4.69, 9.17) is 5.11 Å². The average molecular weight is 981 g/mol. The van der Waals surface area contributed by atoms with Crippen molar-refractivity contribution in [3.05, 3.63) is 20.4 Å². The highest BCUT2D eigenvalue weighted by atomic mass is 16.5. The number of aliphatic carboxylic acids is 1. The molecule has 0 aliphatic carbocycles. The maximum Gasteiger partial charge on any atom is 0.303 e. The van der Waals surface area contributed by atoms with Crippen molar-refractivity contribution < 1.29 is 59.1 Å². The highest BCUT2D eigenvalue weighted by Gasteiger charge is 2.21. The number of carboxylic acids is 1. The number of anilines is 2. The van der Waals surface area contributed by atoms with Crippen LogP contribution in [0.15, 0.2) is 9.59 Å². The lowest BCUT2D eigenvalue weighted by molar-refractivity contribution is -0.166. The molecule has 69 heavy (non-hydrogen) atoms. The van der Waals surface area contributed by atoms with E-state index in [-0.39, 0.29) is 106 Å². The van der Waals surface area contributed by atoms with Gasteiger partial charge in [0.05, 0.1) is 0 Å². The third kappa shape index (κ3) is 30.0. The van der Waals surface area contributed by atoms with E-state index in [9.17, 15) is 63.6 Å². The zero-order valence-electron chi connectivity index (χ0n) is 41.0. The molecule has 22 heteroatoms. The molecule has 0 saturated heterocycles. The Bertz CT molecular complexity index is 1800. The predicted octanol–water partition coefficient (Wildman–Crippen LogP) is 3.53. The minimum Gasteiger partial charge on any atom is -0.481 e. The molecule has 0 heterocycles. The number of Topliss-reactive ketones (excluding diaryl/α,β-unsaturated/α-hetero) is 2. The number of unbranched alkanes of at least 4 members (excludes halogenated alkanes) is 8. The summed E-state index contributed by atoms with van der Waals surface area (Å²) in [4.78, 5) is 122. The molecule has 8 N–H and O–H groups in total. The zero-order chi connectivity index (χ0) is 51.4. The van der Waals surface area contributed by atoms with Crippen molar-refractivity contribution in [3.63, 3.8) is 0 Å². The van der Waals surface area contributed by atoms with Crippen molar-refractivity contribution in [2.75, 3.05) is 76.1 Å². The number of hydrogen-bond acceptors (Lipinski definition) is 16. The van der Waals surface area contributed by atoms with Crippen molar-refractivity contribution in [3.8, 4) is 0 Å². The summed E-state index contributed by atoms with van der Waals surface area (Å²) in [5.41, 5.74) is -0.881. The third-order valence-corrected chi connectivity index (χ3v) is 11.3. The highest BCUT2D eigenvalue weighted by Crippen LogP contribution is 2.15. The molecule has 0 aliphatic heterocycles. The molecule has 1 aromatic carbocycles. The fraction of sp³-hybridized carbons (Fsp3) is 0.745.